The highest BCUT2D eigenvalue weighted by Gasteiger charge is 2.07. The summed E-state index contributed by atoms with van der Waals surface area (Å²) in [6.45, 7) is 0.516. The summed E-state index contributed by atoms with van der Waals surface area (Å²) in [5.74, 6) is 1.18. The fraction of sp³-hybridized carbons (Fsp3) is 0.200. The van der Waals surface area contributed by atoms with Crippen LogP contribution in [-0.4, -0.2) is 16.7 Å². The van der Waals surface area contributed by atoms with E-state index in [9.17, 15) is 0 Å². The number of rotatable bonds is 3. The first kappa shape index (κ1) is 10.3. The van der Waals surface area contributed by atoms with E-state index in [1.54, 1.807) is 0 Å². The third-order valence-corrected chi connectivity index (χ3v) is 2.46. The van der Waals surface area contributed by atoms with Crippen molar-refractivity contribution in [2.45, 2.75) is 6.42 Å². The van der Waals surface area contributed by atoms with Crippen molar-refractivity contribution in [2.75, 3.05) is 6.54 Å². The molecule has 2 aromatic rings. The maximum atomic E-state index is 5.39. The molecule has 1 aromatic heterocycles. The average Bonchev–Trinajstić information content (AvgIpc) is 2.68. The summed E-state index contributed by atoms with van der Waals surface area (Å²) in [5, 5.41) is 3.88. The first-order valence-corrected chi connectivity index (χ1v) is 5.37. The van der Waals surface area contributed by atoms with Crippen molar-refractivity contribution in [1.82, 2.24) is 10.1 Å². The number of halogens is 1. The molecule has 0 amide bonds. The average molecular weight is 268 g/mol. The first-order valence-electron chi connectivity index (χ1n) is 4.58. The molecule has 0 radical (unpaired) electrons. The van der Waals surface area contributed by atoms with E-state index in [1.165, 1.54) is 0 Å². The Bertz CT molecular complexity index is 438. The minimum atomic E-state index is 0.516. The second kappa shape index (κ2) is 4.55. The van der Waals surface area contributed by atoms with E-state index in [0.717, 1.165) is 10.0 Å². The van der Waals surface area contributed by atoms with Crippen LogP contribution in [0.1, 0.15) is 5.89 Å². The molecule has 0 unspecified atom stereocenters. The van der Waals surface area contributed by atoms with Gasteiger partial charge in [0.05, 0.1) is 0 Å². The minimum Gasteiger partial charge on any atom is -0.339 e. The van der Waals surface area contributed by atoms with Gasteiger partial charge in [-0.1, -0.05) is 21.1 Å². The molecule has 5 heteroatoms. The van der Waals surface area contributed by atoms with Crippen molar-refractivity contribution < 1.29 is 4.52 Å². The van der Waals surface area contributed by atoms with Gasteiger partial charge in [-0.15, -0.1) is 0 Å². The Morgan fingerprint density at radius 3 is 2.67 bits per heavy atom. The van der Waals surface area contributed by atoms with Gasteiger partial charge in [-0.25, -0.2) is 0 Å². The van der Waals surface area contributed by atoms with Gasteiger partial charge in [-0.2, -0.15) is 4.98 Å². The van der Waals surface area contributed by atoms with Crippen molar-refractivity contribution in [3.63, 3.8) is 0 Å². The normalized spacial score (nSPS) is 10.5. The summed E-state index contributed by atoms with van der Waals surface area (Å²) >= 11 is 3.37. The van der Waals surface area contributed by atoms with E-state index in [0.29, 0.717) is 24.7 Å². The molecular weight excluding hydrogens is 258 g/mol. The molecule has 0 saturated carbocycles. The van der Waals surface area contributed by atoms with Crippen LogP contribution in [0.5, 0.6) is 0 Å². The number of benzene rings is 1. The molecular formula is C10H10BrN3O. The molecule has 0 aliphatic heterocycles. The maximum absolute atomic E-state index is 5.39. The summed E-state index contributed by atoms with van der Waals surface area (Å²) in [6.07, 6.45) is 0.615. The molecule has 0 saturated heterocycles. The van der Waals surface area contributed by atoms with Gasteiger partial charge >= 0.3 is 0 Å². The lowest BCUT2D eigenvalue weighted by Crippen LogP contribution is -2.02. The van der Waals surface area contributed by atoms with Crippen molar-refractivity contribution in [1.29, 1.82) is 0 Å². The molecule has 0 atom stereocenters. The molecule has 1 heterocycles. The summed E-state index contributed by atoms with van der Waals surface area (Å²) in [7, 11) is 0. The molecule has 15 heavy (non-hydrogen) atoms. The van der Waals surface area contributed by atoms with Gasteiger partial charge in [0.1, 0.15) is 0 Å². The third-order valence-electron chi connectivity index (χ3n) is 1.93. The van der Waals surface area contributed by atoms with E-state index in [1.807, 2.05) is 24.3 Å². The molecule has 0 aliphatic rings. The van der Waals surface area contributed by atoms with E-state index in [2.05, 4.69) is 26.1 Å². The van der Waals surface area contributed by atoms with Crippen molar-refractivity contribution in [3.8, 4) is 11.4 Å². The number of nitrogens with two attached hydrogens (primary N) is 1. The second-order valence-corrected chi connectivity index (χ2v) is 3.97. The van der Waals surface area contributed by atoms with Crippen LogP contribution in [0.15, 0.2) is 33.3 Å². The largest absolute Gasteiger partial charge is 0.339 e. The molecule has 4 nitrogen and oxygen atoms in total. The van der Waals surface area contributed by atoms with E-state index in [-0.39, 0.29) is 0 Å². The Morgan fingerprint density at radius 2 is 2.00 bits per heavy atom. The maximum Gasteiger partial charge on any atom is 0.228 e. The van der Waals surface area contributed by atoms with Crippen LogP contribution in [0.4, 0.5) is 0 Å². The van der Waals surface area contributed by atoms with Crippen LogP contribution in [0.3, 0.4) is 0 Å². The highest BCUT2D eigenvalue weighted by Crippen LogP contribution is 2.18. The zero-order valence-corrected chi connectivity index (χ0v) is 9.57. The van der Waals surface area contributed by atoms with Crippen LogP contribution >= 0.6 is 15.9 Å². The van der Waals surface area contributed by atoms with E-state index in [4.69, 9.17) is 10.3 Å². The summed E-state index contributed by atoms with van der Waals surface area (Å²) < 4.78 is 6.06. The highest BCUT2D eigenvalue weighted by molar-refractivity contribution is 9.10. The number of nitrogens with zero attached hydrogens (tertiary/aromatic N) is 2. The van der Waals surface area contributed by atoms with Gasteiger partial charge < -0.3 is 10.3 Å². The zero-order chi connectivity index (χ0) is 10.7. The summed E-state index contributed by atoms with van der Waals surface area (Å²) in [4.78, 5) is 4.23. The summed E-state index contributed by atoms with van der Waals surface area (Å²) in [6, 6.07) is 7.74. The van der Waals surface area contributed by atoms with E-state index >= 15 is 0 Å². The smallest absolute Gasteiger partial charge is 0.228 e. The Morgan fingerprint density at radius 1 is 1.27 bits per heavy atom. The van der Waals surface area contributed by atoms with Gasteiger partial charge in [0.2, 0.25) is 11.7 Å². The van der Waals surface area contributed by atoms with Gasteiger partial charge in [0.25, 0.3) is 0 Å². The Kier molecular flexibility index (Phi) is 3.13. The zero-order valence-electron chi connectivity index (χ0n) is 7.98. The van der Waals surface area contributed by atoms with Crippen molar-refractivity contribution >= 4 is 15.9 Å². The highest BCUT2D eigenvalue weighted by atomic mass is 79.9. The lowest BCUT2D eigenvalue weighted by Gasteiger charge is -1.93. The van der Waals surface area contributed by atoms with Gasteiger partial charge in [-0.05, 0) is 24.3 Å². The van der Waals surface area contributed by atoms with Crippen LogP contribution in [-0.2, 0) is 6.42 Å². The number of hydrogen-bond acceptors (Lipinski definition) is 4. The SMILES string of the molecule is NCCc1nc(-c2ccc(Br)cc2)no1. The predicted molar refractivity (Wildman–Crippen MR) is 60.2 cm³/mol. The predicted octanol–water partition coefficient (Wildman–Crippen LogP) is 2.00. The Labute approximate surface area is 95.6 Å². The Hall–Kier alpha value is -1.20. The molecule has 0 aliphatic carbocycles. The second-order valence-electron chi connectivity index (χ2n) is 3.06. The van der Waals surface area contributed by atoms with E-state index < -0.39 is 0 Å². The molecule has 2 N–H and O–H groups in total. The van der Waals surface area contributed by atoms with Crippen LogP contribution in [0.2, 0.25) is 0 Å². The fourth-order valence-corrected chi connectivity index (χ4v) is 1.46. The van der Waals surface area contributed by atoms with Crippen LogP contribution < -0.4 is 5.73 Å². The molecule has 2 rings (SSSR count). The topological polar surface area (TPSA) is 64.9 Å². The third kappa shape index (κ3) is 2.43. The van der Waals surface area contributed by atoms with Gasteiger partial charge in [0, 0.05) is 23.0 Å². The fourth-order valence-electron chi connectivity index (χ4n) is 1.20. The quantitative estimate of drug-likeness (QED) is 0.924. The van der Waals surface area contributed by atoms with Gasteiger partial charge in [0.15, 0.2) is 0 Å². The number of aromatic nitrogens is 2. The standard InChI is InChI=1S/C10H10BrN3O/c11-8-3-1-7(2-4-8)10-13-9(5-6-12)15-14-10/h1-4H,5-6,12H2. The van der Waals surface area contributed by atoms with Crippen LogP contribution in [0, 0.1) is 0 Å². The molecule has 1 aromatic carbocycles. The molecule has 0 fully saturated rings. The monoisotopic (exact) mass is 267 g/mol. The lowest BCUT2D eigenvalue weighted by atomic mass is 10.2. The van der Waals surface area contributed by atoms with Crippen molar-refractivity contribution in [3.05, 3.63) is 34.6 Å². The van der Waals surface area contributed by atoms with Crippen LogP contribution in [0.25, 0.3) is 11.4 Å². The van der Waals surface area contributed by atoms with Gasteiger partial charge in [-0.3, -0.25) is 0 Å². The van der Waals surface area contributed by atoms with Crippen molar-refractivity contribution in [2.24, 2.45) is 5.73 Å². The Balaban J connectivity index is 2.25. The summed E-state index contributed by atoms with van der Waals surface area (Å²) in [5.41, 5.74) is 6.33. The molecule has 0 spiro atoms. The first-order chi connectivity index (χ1) is 7.29. The minimum absolute atomic E-state index is 0.516. The number of hydrogen-bond donors (Lipinski definition) is 1. The molecule has 78 valence electrons. The molecule has 0 bridgehead atoms. The lowest BCUT2D eigenvalue weighted by molar-refractivity contribution is 0.380.